The van der Waals surface area contributed by atoms with Crippen molar-refractivity contribution in [1.29, 1.82) is 0 Å². The van der Waals surface area contributed by atoms with Crippen molar-refractivity contribution in [3.8, 4) is 22.4 Å². The van der Waals surface area contributed by atoms with E-state index in [0.29, 0.717) is 12.1 Å². The molecule has 0 bridgehead atoms. The molecule has 0 aliphatic rings. The Bertz CT molecular complexity index is 1270. The van der Waals surface area contributed by atoms with Gasteiger partial charge in [0.1, 0.15) is 5.82 Å². The maximum Gasteiger partial charge on any atom is 0.416 e. The third-order valence-corrected chi connectivity index (χ3v) is 4.83. The van der Waals surface area contributed by atoms with Gasteiger partial charge in [-0.2, -0.15) is 18.3 Å². The number of pyridine rings is 1. The largest absolute Gasteiger partial charge is 0.416 e. The molecule has 2 aromatic heterocycles. The first-order valence-corrected chi connectivity index (χ1v) is 9.76. The first kappa shape index (κ1) is 22.0. The number of H-pyrrole nitrogens is 1. The zero-order chi connectivity index (χ0) is 23.4. The fraction of sp³-hybridized carbons (Fsp3) is 0.0870. The fourth-order valence-corrected chi connectivity index (χ4v) is 3.23. The number of alkyl halides is 3. The van der Waals surface area contributed by atoms with E-state index in [4.69, 9.17) is 0 Å². The van der Waals surface area contributed by atoms with Gasteiger partial charge >= 0.3 is 12.2 Å². The number of carbonyl (C=O) groups is 1. The number of rotatable bonds is 5. The molecular weight excluding hydrogens is 438 g/mol. The van der Waals surface area contributed by atoms with Gasteiger partial charge in [-0.15, -0.1) is 0 Å². The van der Waals surface area contributed by atoms with Crippen molar-refractivity contribution in [2.75, 3.05) is 5.32 Å². The quantitative estimate of drug-likeness (QED) is 0.342. The van der Waals surface area contributed by atoms with E-state index >= 15 is 0 Å². The molecule has 3 N–H and O–H groups in total. The number of carbonyl (C=O) groups excluding carboxylic acids is 1. The molecule has 0 radical (unpaired) electrons. The van der Waals surface area contributed by atoms with Gasteiger partial charge in [-0.1, -0.05) is 18.2 Å². The maximum atomic E-state index is 13.9. The topological polar surface area (TPSA) is 82.7 Å². The maximum absolute atomic E-state index is 13.9. The molecular formula is C23H17F4N5O. The molecule has 0 saturated carbocycles. The van der Waals surface area contributed by atoms with E-state index < -0.39 is 23.6 Å². The zero-order valence-electron chi connectivity index (χ0n) is 16.9. The summed E-state index contributed by atoms with van der Waals surface area (Å²) in [4.78, 5) is 16.2. The van der Waals surface area contributed by atoms with Crippen LogP contribution in [0.25, 0.3) is 22.4 Å². The van der Waals surface area contributed by atoms with E-state index in [2.05, 4.69) is 25.8 Å². The number of aromatic nitrogens is 3. The average Bonchev–Trinajstić information content (AvgIpc) is 3.29. The van der Waals surface area contributed by atoms with Crippen LogP contribution >= 0.6 is 0 Å². The fourth-order valence-electron chi connectivity index (χ4n) is 3.23. The standard InChI is InChI=1S/C23H17F4N5O/c24-19-11-17(23(25,26)27)4-5-20(19)31-22(33)29-12-14-2-1-3-16(10-14)21-18(13-30-32-21)15-6-8-28-9-7-15/h1-11,13H,12H2,(H,30,32)(H2,29,31,33). The molecule has 2 amide bonds. The van der Waals surface area contributed by atoms with Gasteiger partial charge in [0.25, 0.3) is 0 Å². The van der Waals surface area contributed by atoms with Crippen LogP contribution in [0.15, 0.2) is 73.2 Å². The first-order valence-electron chi connectivity index (χ1n) is 9.76. The molecule has 0 aliphatic heterocycles. The Morgan fingerprint density at radius 3 is 2.52 bits per heavy atom. The molecule has 2 aromatic carbocycles. The Kier molecular flexibility index (Phi) is 6.07. The van der Waals surface area contributed by atoms with E-state index in [1.807, 2.05) is 30.3 Å². The Labute approximate surface area is 185 Å². The van der Waals surface area contributed by atoms with Crippen LogP contribution in [0, 0.1) is 5.82 Å². The van der Waals surface area contributed by atoms with Crippen LogP contribution < -0.4 is 10.6 Å². The van der Waals surface area contributed by atoms with Gasteiger partial charge in [-0.05, 0) is 47.5 Å². The van der Waals surface area contributed by atoms with Crippen molar-refractivity contribution < 1.29 is 22.4 Å². The summed E-state index contributed by atoms with van der Waals surface area (Å²) in [7, 11) is 0. The monoisotopic (exact) mass is 455 g/mol. The smallest absolute Gasteiger partial charge is 0.334 e. The molecule has 0 fully saturated rings. The number of anilines is 1. The Morgan fingerprint density at radius 2 is 1.79 bits per heavy atom. The average molecular weight is 455 g/mol. The highest BCUT2D eigenvalue weighted by atomic mass is 19.4. The van der Waals surface area contributed by atoms with Gasteiger partial charge in [-0.3, -0.25) is 10.1 Å². The molecule has 0 spiro atoms. The molecule has 168 valence electrons. The summed E-state index contributed by atoms with van der Waals surface area (Å²) in [6.07, 6.45) is 0.481. The normalized spacial score (nSPS) is 11.3. The number of amides is 2. The summed E-state index contributed by atoms with van der Waals surface area (Å²) in [5.41, 5.74) is 2.63. The highest BCUT2D eigenvalue weighted by Gasteiger charge is 2.31. The first-order chi connectivity index (χ1) is 15.8. The predicted octanol–water partition coefficient (Wildman–Crippen LogP) is 5.62. The van der Waals surface area contributed by atoms with Crippen molar-refractivity contribution >= 4 is 11.7 Å². The van der Waals surface area contributed by atoms with Gasteiger partial charge in [0.05, 0.1) is 16.9 Å². The number of aromatic amines is 1. The van der Waals surface area contributed by atoms with Gasteiger partial charge in [0.15, 0.2) is 0 Å². The molecule has 0 unspecified atom stereocenters. The molecule has 33 heavy (non-hydrogen) atoms. The molecule has 4 rings (SSSR count). The summed E-state index contributed by atoms with van der Waals surface area (Å²) in [5, 5.41) is 12.0. The number of halogens is 4. The summed E-state index contributed by atoms with van der Waals surface area (Å²) < 4.78 is 51.9. The molecule has 0 atom stereocenters. The third-order valence-electron chi connectivity index (χ3n) is 4.83. The van der Waals surface area contributed by atoms with Gasteiger partial charge in [-0.25, -0.2) is 9.18 Å². The van der Waals surface area contributed by atoms with Crippen LogP contribution in [0.4, 0.5) is 28.0 Å². The lowest BCUT2D eigenvalue weighted by molar-refractivity contribution is -0.137. The minimum Gasteiger partial charge on any atom is -0.334 e. The molecule has 6 nitrogen and oxygen atoms in total. The second-order valence-electron chi connectivity index (χ2n) is 7.08. The summed E-state index contributed by atoms with van der Waals surface area (Å²) in [6.45, 7) is 0.108. The van der Waals surface area contributed by atoms with Gasteiger partial charge < -0.3 is 10.6 Å². The summed E-state index contributed by atoms with van der Waals surface area (Å²) in [5.74, 6) is -1.18. The van der Waals surface area contributed by atoms with E-state index in [-0.39, 0.29) is 12.2 Å². The lowest BCUT2D eigenvalue weighted by Crippen LogP contribution is -2.28. The number of nitrogens with one attached hydrogen (secondary N) is 3. The second kappa shape index (κ2) is 9.11. The van der Waals surface area contributed by atoms with Crippen molar-refractivity contribution in [1.82, 2.24) is 20.5 Å². The molecule has 10 heteroatoms. The van der Waals surface area contributed by atoms with E-state index in [1.165, 1.54) is 0 Å². The third kappa shape index (κ3) is 5.17. The lowest BCUT2D eigenvalue weighted by Gasteiger charge is -2.11. The Balaban J connectivity index is 1.43. The zero-order valence-corrected chi connectivity index (χ0v) is 16.9. The summed E-state index contributed by atoms with van der Waals surface area (Å²) >= 11 is 0. The molecule has 0 saturated heterocycles. The number of hydrogen-bond donors (Lipinski definition) is 3. The van der Waals surface area contributed by atoms with Crippen molar-refractivity contribution in [3.05, 3.63) is 90.1 Å². The number of hydrogen-bond acceptors (Lipinski definition) is 3. The van der Waals surface area contributed by atoms with Crippen molar-refractivity contribution in [2.24, 2.45) is 0 Å². The number of benzene rings is 2. The minimum atomic E-state index is -4.67. The minimum absolute atomic E-state index is 0.108. The second-order valence-corrected chi connectivity index (χ2v) is 7.08. The van der Waals surface area contributed by atoms with Crippen molar-refractivity contribution in [2.45, 2.75) is 12.7 Å². The van der Waals surface area contributed by atoms with Crippen molar-refractivity contribution in [3.63, 3.8) is 0 Å². The summed E-state index contributed by atoms with van der Waals surface area (Å²) in [6, 6.07) is 12.2. The molecule has 2 heterocycles. The highest BCUT2D eigenvalue weighted by Crippen LogP contribution is 2.32. The van der Waals surface area contributed by atoms with E-state index in [1.54, 1.807) is 24.7 Å². The van der Waals surface area contributed by atoms with E-state index in [0.717, 1.165) is 34.0 Å². The number of urea groups is 1. The van der Waals surface area contributed by atoms with Crippen LogP contribution in [0.3, 0.4) is 0 Å². The van der Waals surface area contributed by atoms with E-state index in [9.17, 15) is 22.4 Å². The molecule has 4 aromatic rings. The van der Waals surface area contributed by atoms with Crippen LogP contribution in [-0.4, -0.2) is 21.2 Å². The Morgan fingerprint density at radius 1 is 1.00 bits per heavy atom. The van der Waals surface area contributed by atoms with Crippen LogP contribution in [-0.2, 0) is 12.7 Å². The van der Waals surface area contributed by atoms with Crippen LogP contribution in [0.2, 0.25) is 0 Å². The van der Waals surface area contributed by atoms with Crippen LogP contribution in [0.5, 0.6) is 0 Å². The van der Waals surface area contributed by atoms with Crippen LogP contribution in [0.1, 0.15) is 11.1 Å². The predicted molar refractivity (Wildman–Crippen MR) is 115 cm³/mol. The lowest BCUT2D eigenvalue weighted by atomic mass is 10.0. The molecule has 0 aliphatic carbocycles. The Hall–Kier alpha value is -4.21. The van der Waals surface area contributed by atoms with Gasteiger partial charge in [0.2, 0.25) is 0 Å². The number of nitrogens with zero attached hydrogens (tertiary/aromatic N) is 2. The van der Waals surface area contributed by atoms with Gasteiger partial charge in [0, 0.05) is 36.3 Å². The SMILES string of the molecule is O=C(NCc1cccc(-c2n[nH]cc2-c2ccncc2)c1)Nc1ccc(C(F)(F)F)cc1F. The highest BCUT2D eigenvalue weighted by molar-refractivity contribution is 5.89.